The van der Waals surface area contributed by atoms with Gasteiger partial charge in [0.15, 0.2) is 0 Å². The molecular formula is C7H12F2O3. The number of halogens is 2. The van der Waals surface area contributed by atoms with Gasteiger partial charge >= 0.3 is 5.97 Å². The molecule has 0 spiro atoms. The van der Waals surface area contributed by atoms with Gasteiger partial charge in [-0.25, -0.2) is 13.6 Å². The van der Waals surface area contributed by atoms with E-state index in [2.05, 4.69) is 9.47 Å². The Hall–Kier alpha value is -0.710. The van der Waals surface area contributed by atoms with Crippen molar-refractivity contribution in [1.82, 2.24) is 0 Å². The monoisotopic (exact) mass is 182 g/mol. The predicted octanol–water partition coefficient (Wildman–Crippen LogP) is 1.22. The molecule has 5 heteroatoms. The average molecular weight is 182 g/mol. The van der Waals surface area contributed by atoms with Gasteiger partial charge in [0.1, 0.15) is 13.2 Å². The fraction of sp³-hybridized carbons (Fsp3) is 0.857. The van der Waals surface area contributed by atoms with Crippen LogP contribution >= 0.6 is 0 Å². The molecule has 0 N–H and O–H groups in total. The summed E-state index contributed by atoms with van der Waals surface area (Å²) in [6, 6.07) is 0. The van der Waals surface area contributed by atoms with E-state index in [1.54, 1.807) is 6.92 Å². The Bertz CT molecular complexity index is 142. The third kappa shape index (κ3) is 7.40. The number of carbonyl (C=O) groups is 1. The Labute approximate surface area is 69.6 Å². The summed E-state index contributed by atoms with van der Waals surface area (Å²) in [7, 11) is 0. The lowest BCUT2D eigenvalue weighted by molar-refractivity contribution is -0.152. The maximum atomic E-state index is 12.1. The van der Waals surface area contributed by atoms with E-state index in [1.807, 2.05) is 0 Å². The van der Waals surface area contributed by atoms with E-state index in [1.165, 1.54) is 0 Å². The minimum atomic E-state index is -2.90. The maximum absolute atomic E-state index is 12.1. The Balaban J connectivity index is 3.37. The molecule has 0 amide bonds. The molecule has 0 heterocycles. The van der Waals surface area contributed by atoms with Crippen LogP contribution in [-0.2, 0) is 14.3 Å². The average Bonchev–Trinajstić information content (AvgIpc) is 1.84. The fourth-order valence-corrected chi connectivity index (χ4v) is 0.516. The largest absolute Gasteiger partial charge is 0.464 e. The molecule has 0 aromatic carbocycles. The topological polar surface area (TPSA) is 35.5 Å². The second kappa shape index (κ2) is 5.03. The van der Waals surface area contributed by atoms with Gasteiger partial charge in [-0.05, 0) is 6.92 Å². The number of ether oxygens (including phenoxy) is 2. The van der Waals surface area contributed by atoms with Crippen LogP contribution in [0.4, 0.5) is 8.78 Å². The van der Waals surface area contributed by atoms with Gasteiger partial charge in [0.25, 0.3) is 5.92 Å². The highest BCUT2D eigenvalue weighted by atomic mass is 19.3. The van der Waals surface area contributed by atoms with Gasteiger partial charge in [0.2, 0.25) is 0 Å². The van der Waals surface area contributed by atoms with Crippen molar-refractivity contribution in [3.63, 3.8) is 0 Å². The molecule has 0 aromatic heterocycles. The van der Waals surface area contributed by atoms with Crippen LogP contribution < -0.4 is 0 Å². The molecule has 0 aliphatic rings. The van der Waals surface area contributed by atoms with E-state index in [0.717, 1.165) is 6.92 Å². The van der Waals surface area contributed by atoms with Gasteiger partial charge in [-0.15, -0.1) is 0 Å². The molecule has 0 unspecified atom stereocenters. The summed E-state index contributed by atoms with van der Waals surface area (Å²) in [4.78, 5) is 10.5. The van der Waals surface area contributed by atoms with Crippen molar-refractivity contribution >= 4 is 5.97 Å². The molecule has 72 valence electrons. The lowest BCUT2D eigenvalue weighted by Crippen LogP contribution is -2.22. The van der Waals surface area contributed by atoms with Crippen LogP contribution in [0.5, 0.6) is 0 Å². The lowest BCUT2D eigenvalue weighted by Gasteiger charge is -2.09. The standard InChI is InChI=1S/C7H12F2O3/c1-3-12-6(10)4-11-5-7(2,8)9/h3-5H2,1-2H3. The Morgan fingerprint density at radius 2 is 2.08 bits per heavy atom. The third-order valence-corrected chi connectivity index (χ3v) is 0.881. The van der Waals surface area contributed by atoms with Crippen molar-refractivity contribution in [2.45, 2.75) is 19.8 Å². The van der Waals surface area contributed by atoms with E-state index < -0.39 is 25.1 Å². The second-order valence-electron chi connectivity index (χ2n) is 2.37. The highest BCUT2D eigenvalue weighted by Crippen LogP contribution is 2.10. The normalized spacial score (nSPS) is 11.3. The lowest BCUT2D eigenvalue weighted by atomic mass is 10.4. The highest BCUT2D eigenvalue weighted by Gasteiger charge is 2.21. The van der Waals surface area contributed by atoms with Crippen LogP contribution in [0.15, 0.2) is 0 Å². The van der Waals surface area contributed by atoms with Crippen molar-refractivity contribution in [2.75, 3.05) is 19.8 Å². The molecular weight excluding hydrogens is 170 g/mol. The molecule has 0 radical (unpaired) electrons. The highest BCUT2D eigenvalue weighted by molar-refractivity contribution is 5.70. The molecule has 0 saturated carbocycles. The van der Waals surface area contributed by atoms with Crippen molar-refractivity contribution in [3.8, 4) is 0 Å². The van der Waals surface area contributed by atoms with E-state index in [9.17, 15) is 13.6 Å². The second-order valence-corrected chi connectivity index (χ2v) is 2.37. The van der Waals surface area contributed by atoms with E-state index in [4.69, 9.17) is 0 Å². The summed E-state index contributed by atoms with van der Waals surface area (Å²) in [5.41, 5.74) is 0. The molecule has 0 bridgehead atoms. The predicted molar refractivity (Wildman–Crippen MR) is 38.1 cm³/mol. The first-order chi connectivity index (χ1) is 5.45. The Morgan fingerprint density at radius 3 is 2.50 bits per heavy atom. The summed E-state index contributed by atoms with van der Waals surface area (Å²) in [5.74, 6) is -3.52. The minimum Gasteiger partial charge on any atom is -0.464 e. The Morgan fingerprint density at radius 1 is 1.50 bits per heavy atom. The SMILES string of the molecule is CCOC(=O)COCC(C)(F)F. The van der Waals surface area contributed by atoms with Crippen LogP contribution in [0, 0.1) is 0 Å². The van der Waals surface area contributed by atoms with Gasteiger partial charge in [-0.3, -0.25) is 0 Å². The number of esters is 1. The first-order valence-electron chi connectivity index (χ1n) is 3.57. The zero-order valence-electron chi connectivity index (χ0n) is 7.10. The number of rotatable bonds is 5. The Kier molecular flexibility index (Phi) is 4.73. The fourth-order valence-electron chi connectivity index (χ4n) is 0.516. The molecule has 12 heavy (non-hydrogen) atoms. The number of carbonyl (C=O) groups excluding carboxylic acids is 1. The molecule has 0 rings (SSSR count). The number of hydrogen-bond donors (Lipinski definition) is 0. The summed E-state index contributed by atoms with van der Waals surface area (Å²) in [5, 5.41) is 0. The van der Waals surface area contributed by atoms with Gasteiger partial charge < -0.3 is 9.47 Å². The zero-order chi connectivity index (χ0) is 9.61. The van der Waals surface area contributed by atoms with Crippen LogP contribution in [0.1, 0.15) is 13.8 Å². The van der Waals surface area contributed by atoms with Gasteiger partial charge in [0, 0.05) is 6.92 Å². The number of alkyl halides is 2. The van der Waals surface area contributed by atoms with Crippen molar-refractivity contribution in [1.29, 1.82) is 0 Å². The van der Waals surface area contributed by atoms with Crippen molar-refractivity contribution in [3.05, 3.63) is 0 Å². The van der Waals surface area contributed by atoms with E-state index in [0.29, 0.717) is 0 Å². The van der Waals surface area contributed by atoms with Crippen LogP contribution in [0.3, 0.4) is 0 Å². The molecule has 0 aliphatic heterocycles. The van der Waals surface area contributed by atoms with Gasteiger partial charge in [-0.2, -0.15) is 0 Å². The minimum absolute atomic E-state index is 0.227. The summed E-state index contributed by atoms with van der Waals surface area (Å²) in [6.45, 7) is 1.40. The van der Waals surface area contributed by atoms with Gasteiger partial charge in [-0.1, -0.05) is 0 Å². The third-order valence-electron chi connectivity index (χ3n) is 0.881. The summed E-state index contributed by atoms with van der Waals surface area (Å²) >= 11 is 0. The van der Waals surface area contributed by atoms with Crippen LogP contribution in [0.25, 0.3) is 0 Å². The maximum Gasteiger partial charge on any atom is 0.332 e. The van der Waals surface area contributed by atoms with Crippen molar-refractivity contribution in [2.24, 2.45) is 0 Å². The summed E-state index contributed by atoms with van der Waals surface area (Å²) in [6.07, 6.45) is 0. The van der Waals surface area contributed by atoms with Crippen LogP contribution in [-0.4, -0.2) is 31.7 Å². The number of hydrogen-bond acceptors (Lipinski definition) is 3. The van der Waals surface area contributed by atoms with Crippen molar-refractivity contribution < 1.29 is 23.0 Å². The van der Waals surface area contributed by atoms with E-state index >= 15 is 0 Å². The van der Waals surface area contributed by atoms with Crippen LogP contribution in [0.2, 0.25) is 0 Å². The first-order valence-corrected chi connectivity index (χ1v) is 3.57. The van der Waals surface area contributed by atoms with E-state index in [-0.39, 0.29) is 6.61 Å². The molecule has 0 saturated heterocycles. The quantitative estimate of drug-likeness (QED) is 0.600. The van der Waals surface area contributed by atoms with Gasteiger partial charge in [0.05, 0.1) is 6.61 Å². The molecule has 0 atom stereocenters. The summed E-state index contributed by atoms with van der Waals surface area (Å²) < 4.78 is 33.0. The molecule has 0 aromatic rings. The zero-order valence-corrected chi connectivity index (χ0v) is 7.10. The molecule has 3 nitrogen and oxygen atoms in total. The smallest absolute Gasteiger partial charge is 0.332 e. The molecule has 0 fully saturated rings. The molecule has 0 aliphatic carbocycles. The first kappa shape index (κ1) is 11.3.